The molecule has 3 aliphatic heterocycles. The van der Waals surface area contributed by atoms with Gasteiger partial charge in [0.25, 0.3) is 0 Å². The van der Waals surface area contributed by atoms with Crippen molar-refractivity contribution in [3.05, 3.63) is 35.0 Å². The first-order valence-electron chi connectivity index (χ1n) is 10.1. The van der Waals surface area contributed by atoms with Gasteiger partial charge >= 0.3 is 6.03 Å². The third-order valence-corrected chi connectivity index (χ3v) is 6.26. The number of aryl methyl sites for hydroxylation is 1. The molecule has 0 unspecified atom stereocenters. The fraction of sp³-hybridized carbons (Fsp3) is 0.571. The second-order valence-corrected chi connectivity index (χ2v) is 8.25. The lowest BCUT2D eigenvalue weighted by Crippen LogP contribution is -2.42. The number of nitrogens with one attached hydrogen (secondary N) is 1. The molecule has 2 amide bonds. The molecule has 0 radical (unpaired) electrons. The predicted octanol–water partition coefficient (Wildman–Crippen LogP) is 2.70. The molecular formula is C21H29N5O3. The van der Waals surface area contributed by atoms with Crippen molar-refractivity contribution in [2.24, 2.45) is 17.5 Å². The molecular weight excluding hydrogens is 370 g/mol. The van der Waals surface area contributed by atoms with Crippen LogP contribution in [0.2, 0.25) is 0 Å². The number of aliphatic imine (C=N–C) groups is 1. The molecule has 4 heterocycles. The molecule has 4 rings (SSSR count). The van der Waals surface area contributed by atoms with Crippen LogP contribution in [0.4, 0.5) is 4.79 Å². The number of nitrogens with zero attached hydrogens (tertiary/aromatic N) is 4. The van der Waals surface area contributed by atoms with Gasteiger partial charge in [-0.05, 0) is 32.3 Å². The lowest BCUT2D eigenvalue weighted by molar-refractivity contribution is 0.153. The Balaban J connectivity index is 1.54. The minimum Gasteiger partial charge on any atom is -0.501 e. The number of amidine groups is 1. The van der Waals surface area contributed by atoms with Crippen LogP contribution in [-0.2, 0) is 16.5 Å². The molecule has 8 heteroatoms. The SMILES string of the molecule is CO/C(C)=C1\CC(NC(=O)N2CC[C@@]3(CCOC3)C2)=N\C1=C(\C)c1cnn(C)c1. The minimum atomic E-state index is -0.0813. The third-order valence-electron chi connectivity index (χ3n) is 6.26. The van der Waals surface area contributed by atoms with Gasteiger partial charge in [-0.3, -0.25) is 10.00 Å². The zero-order valence-electron chi connectivity index (χ0n) is 17.6. The smallest absolute Gasteiger partial charge is 0.322 e. The van der Waals surface area contributed by atoms with Gasteiger partial charge in [0.2, 0.25) is 0 Å². The maximum absolute atomic E-state index is 12.9. The Morgan fingerprint density at radius 2 is 2.17 bits per heavy atom. The highest BCUT2D eigenvalue weighted by molar-refractivity contribution is 6.02. The highest BCUT2D eigenvalue weighted by Gasteiger charge is 2.43. The Kier molecular flexibility index (Phi) is 5.21. The second-order valence-electron chi connectivity index (χ2n) is 8.25. The van der Waals surface area contributed by atoms with E-state index in [1.165, 1.54) is 0 Å². The van der Waals surface area contributed by atoms with Crippen molar-refractivity contribution in [3.8, 4) is 0 Å². The number of hydrogen-bond acceptors (Lipinski definition) is 5. The molecule has 1 atom stereocenters. The normalized spacial score (nSPS) is 27.4. The zero-order valence-corrected chi connectivity index (χ0v) is 17.6. The molecule has 8 nitrogen and oxygen atoms in total. The number of carbonyl (C=O) groups is 1. The topological polar surface area (TPSA) is 81.0 Å². The number of rotatable bonds is 2. The number of methoxy groups -OCH3 is 1. The number of ether oxygens (including phenoxy) is 2. The van der Waals surface area contributed by atoms with E-state index in [-0.39, 0.29) is 11.4 Å². The summed E-state index contributed by atoms with van der Waals surface area (Å²) in [5.41, 5.74) is 4.00. The molecule has 1 aromatic rings. The van der Waals surface area contributed by atoms with Crippen molar-refractivity contribution < 1.29 is 14.3 Å². The second kappa shape index (κ2) is 7.67. The highest BCUT2D eigenvalue weighted by atomic mass is 16.5. The lowest BCUT2D eigenvalue weighted by Gasteiger charge is -2.22. The van der Waals surface area contributed by atoms with Gasteiger partial charge in [0.15, 0.2) is 0 Å². The first-order valence-corrected chi connectivity index (χ1v) is 10.1. The number of allylic oxidation sites excluding steroid dienone is 3. The summed E-state index contributed by atoms with van der Waals surface area (Å²) in [6, 6.07) is -0.0813. The molecule has 1 spiro atoms. The van der Waals surface area contributed by atoms with E-state index in [9.17, 15) is 4.79 Å². The number of urea groups is 1. The Morgan fingerprint density at radius 3 is 2.83 bits per heavy atom. The van der Waals surface area contributed by atoms with Gasteiger partial charge in [0.1, 0.15) is 5.84 Å². The average molecular weight is 399 g/mol. The van der Waals surface area contributed by atoms with E-state index in [4.69, 9.17) is 14.5 Å². The molecule has 1 aromatic heterocycles. The van der Waals surface area contributed by atoms with Gasteiger partial charge in [-0.25, -0.2) is 9.79 Å². The summed E-state index contributed by atoms with van der Waals surface area (Å²) in [6.45, 7) is 7.02. The minimum absolute atomic E-state index is 0.0813. The van der Waals surface area contributed by atoms with E-state index >= 15 is 0 Å². The fourth-order valence-electron chi connectivity index (χ4n) is 4.32. The van der Waals surface area contributed by atoms with Gasteiger partial charge in [-0.1, -0.05) is 0 Å². The molecule has 2 saturated heterocycles. The summed E-state index contributed by atoms with van der Waals surface area (Å²) in [7, 11) is 3.55. The summed E-state index contributed by atoms with van der Waals surface area (Å²) in [5, 5.41) is 7.28. The van der Waals surface area contributed by atoms with Gasteiger partial charge in [-0.15, -0.1) is 0 Å². The maximum Gasteiger partial charge on any atom is 0.322 e. The predicted molar refractivity (Wildman–Crippen MR) is 110 cm³/mol. The van der Waals surface area contributed by atoms with Crippen molar-refractivity contribution in [3.63, 3.8) is 0 Å². The molecule has 0 aliphatic carbocycles. The van der Waals surface area contributed by atoms with Gasteiger partial charge in [0.05, 0.1) is 31.4 Å². The Hall–Kier alpha value is -2.61. The number of aromatic nitrogens is 2. The van der Waals surface area contributed by atoms with Crippen LogP contribution < -0.4 is 5.32 Å². The van der Waals surface area contributed by atoms with Crippen LogP contribution in [0.1, 0.15) is 38.7 Å². The first-order chi connectivity index (χ1) is 13.9. The van der Waals surface area contributed by atoms with Crippen molar-refractivity contribution in [2.75, 3.05) is 33.4 Å². The summed E-state index contributed by atoms with van der Waals surface area (Å²) in [4.78, 5) is 19.5. The van der Waals surface area contributed by atoms with Crippen molar-refractivity contribution >= 4 is 17.4 Å². The first kappa shape index (κ1) is 19.7. The van der Waals surface area contributed by atoms with Crippen LogP contribution in [0.5, 0.6) is 0 Å². The van der Waals surface area contributed by atoms with Crippen molar-refractivity contribution in [1.82, 2.24) is 20.0 Å². The molecule has 2 fully saturated rings. The standard InChI is InChI=1S/C21H29N5O3/c1-14(16-10-22-25(3)11-16)19-17(15(2)28-4)9-18(23-19)24-20(27)26-7-5-21(12-26)6-8-29-13-21/h10-11H,5-9,12-13H2,1-4H3,(H,23,24,27)/b17-15+,19-14-/t21-/m1/s1. The van der Waals surface area contributed by atoms with Gasteiger partial charge < -0.3 is 14.4 Å². The molecule has 1 N–H and O–H groups in total. The summed E-state index contributed by atoms with van der Waals surface area (Å²) >= 11 is 0. The monoisotopic (exact) mass is 399 g/mol. The van der Waals surface area contributed by atoms with Crippen LogP contribution in [0.15, 0.2) is 34.4 Å². The number of hydrogen-bond donors (Lipinski definition) is 1. The molecule has 0 aromatic carbocycles. The number of likely N-dealkylation sites (tertiary alicyclic amines) is 1. The van der Waals surface area contributed by atoms with Crippen LogP contribution >= 0.6 is 0 Å². The van der Waals surface area contributed by atoms with Crippen LogP contribution in [0, 0.1) is 5.41 Å². The fourth-order valence-corrected chi connectivity index (χ4v) is 4.32. The highest BCUT2D eigenvalue weighted by Crippen LogP contribution is 2.38. The van der Waals surface area contributed by atoms with E-state index in [1.54, 1.807) is 11.8 Å². The summed E-state index contributed by atoms with van der Waals surface area (Å²) < 4.78 is 12.8. The van der Waals surface area contributed by atoms with E-state index in [1.807, 2.05) is 38.2 Å². The van der Waals surface area contributed by atoms with E-state index in [0.29, 0.717) is 12.3 Å². The van der Waals surface area contributed by atoms with Gasteiger partial charge in [-0.2, -0.15) is 5.10 Å². The van der Waals surface area contributed by atoms with E-state index in [2.05, 4.69) is 10.4 Å². The summed E-state index contributed by atoms with van der Waals surface area (Å²) in [5.74, 6) is 1.46. The van der Waals surface area contributed by atoms with Crippen LogP contribution in [0.3, 0.4) is 0 Å². The zero-order chi connectivity index (χ0) is 20.6. The largest absolute Gasteiger partial charge is 0.501 e. The molecule has 3 aliphatic rings. The third kappa shape index (κ3) is 3.81. The average Bonchev–Trinajstić information content (AvgIpc) is 3.49. The molecule has 156 valence electrons. The quantitative estimate of drug-likeness (QED) is 0.776. The molecule has 29 heavy (non-hydrogen) atoms. The summed E-state index contributed by atoms with van der Waals surface area (Å²) in [6.07, 6.45) is 6.37. The Labute approximate surface area is 171 Å². The maximum atomic E-state index is 12.9. The van der Waals surface area contributed by atoms with E-state index in [0.717, 1.165) is 67.3 Å². The van der Waals surface area contributed by atoms with Crippen molar-refractivity contribution in [2.45, 2.75) is 33.1 Å². The van der Waals surface area contributed by atoms with Crippen molar-refractivity contribution in [1.29, 1.82) is 0 Å². The Bertz CT molecular complexity index is 905. The number of amides is 2. The molecule has 0 bridgehead atoms. The lowest BCUT2D eigenvalue weighted by atomic mass is 9.87. The van der Waals surface area contributed by atoms with Crippen LogP contribution in [-0.4, -0.2) is 60.0 Å². The van der Waals surface area contributed by atoms with Gasteiger partial charge in [0, 0.05) is 55.9 Å². The Morgan fingerprint density at radius 1 is 1.34 bits per heavy atom. The number of carbonyl (C=O) groups excluding carboxylic acids is 1. The van der Waals surface area contributed by atoms with E-state index < -0.39 is 0 Å². The van der Waals surface area contributed by atoms with Crippen LogP contribution in [0.25, 0.3) is 5.57 Å². The molecule has 0 saturated carbocycles.